The summed E-state index contributed by atoms with van der Waals surface area (Å²) in [5.74, 6) is 0.345. The molecule has 0 radical (unpaired) electrons. The molecule has 0 aliphatic carbocycles. The van der Waals surface area contributed by atoms with Gasteiger partial charge in [0.2, 0.25) is 0 Å². The topological polar surface area (TPSA) is 109 Å². The second-order valence-electron chi connectivity index (χ2n) is 17.9. The monoisotopic (exact) mass is 958 g/mol. The zero-order chi connectivity index (χ0) is 50.7. The number of hydrogen-bond acceptors (Lipinski definition) is 7. The van der Waals surface area contributed by atoms with Crippen molar-refractivity contribution in [3.8, 4) is 68.9 Å². The highest BCUT2D eigenvalue weighted by molar-refractivity contribution is 6.12. The first kappa shape index (κ1) is 45.3. The van der Waals surface area contributed by atoms with E-state index in [1.54, 1.807) is 18.2 Å². The molecule has 12 rings (SSSR count). The van der Waals surface area contributed by atoms with E-state index in [-0.39, 0.29) is 0 Å². The van der Waals surface area contributed by atoms with Crippen LogP contribution >= 0.6 is 0 Å². The summed E-state index contributed by atoms with van der Waals surface area (Å²) < 4.78 is 2.32. The van der Waals surface area contributed by atoms with Gasteiger partial charge in [0.05, 0.1) is 57.3 Å². The molecule has 0 amide bonds. The van der Waals surface area contributed by atoms with E-state index in [0.717, 1.165) is 72.7 Å². The largest absolute Gasteiger partial charge is 0.310 e. The van der Waals surface area contributed by atoms with E-state index in [2.05, 4.69) is 190 Å². The van der Waals surface area contributed by atoms with E-state index in [0.29, 0.717) is 50.6 Å². The Labute approximate surface area is 434 Å². The van der Waals surface area contributed by atoms with Crippen LogP contribution in [0.4, 0.5) is 34.1 Å². The zero-order valence-electron chi connectivity index (χ0n) is 40.3. The normalized spacial score (nSPS) is 10.9. The summed E-state index contributed by atoms with van der Waals surface area (Å²) in [5, 5.41) is 33.0. The minimum atomic E-state index is 0.345. The molecule has 0 aliphatic rings. The number of nitrogens with zero attached hydrogens (tertiary/aromatic N) is 8. The number of benzene rings is 10. The quantitative estimate of drug-likeness (QED) is 0.127. The number of hydrogen-bond donors (Lipinski definition) is 0. The summed E-state index contributed by atoms with van der Waals surface area (Å²) in [6.07, 6.45) is 0. The molecule has 0 saturated heterocycles. The van der Waals surface area contributed by atoms with Crippen LogP contribution in [-0.2, 0) is 0 Å². The lowest BCUT2D eigenvalue weighted by atomic mass is 9.96. The van der Waals surface area contributed by atoms with Crippen LogP contribution in [0, 0.1) is 34.0 Å². The fraction of sp³-hybridized carbons (Fsp3) is 0. The minimum absolute atomic E-state index is 0.345. The molecule has 0 atom stereocenters. The highest BCUT2D eigenvalue weighted by Crippen LogP contribution is 2.43. The van der Waals surface area contributed by atoms with Gasteiger partial charge in [-0.25, -0.2) is 9.97 Å². The van der Waals surface area contributed by atoms with E-state index in [4.69, 9.17) is 9.97 Å². The molecule has 350 valence electrons. The summed E-state index contributed by atoms with van der Waals surface area (Å²) in [4.78, 5) is 14.4. The number of anilines is 6. The minimum Gasteiger partial charge on any atom is -0.310 e. The molecule has 0 N–H and O–H groups in total. The van der Waals surface area contributed by atoms with Crippen LogP contribution in [0.3, 0.4) is 0 Å². The van der Waals surface area contributed by atoms with Gasteiger partial charge < -0.3 is 14.4 Å². The van der Waals surface area contributed by atoms with Crippen molar-refractivity contribution in [1.82, 2.24) is 14.5 Å². The molecule has 10 aromatic carbocycles. The maximum Gasteiger partial charge on any atom is 0.161 e. The van der Waals surface area contributed by atoms with E-state index >= 15 is 0 Å². The molecular weight excluding hydrogens is 917 g/mol. The Morgan fingerprint density at radius 3 is 1.24 bits per heavy atom. The fourth-order valence-electron chi connectivity index (χ4n) is 10.0. The second-order valence-corrected chi connectivity index (χ2v) is 17.9. The number of rotatable bonds is 11. The van der Waals surface area contributed by atoms with Crippen molar-refractivity contribution < 1.29 is 0 Å². The average molecular weight is 959 g/mol. The Balaban J connectivity index is 0.977. The van der Waals surface area contributed by atoms with Crippen molar-refractivity contribution in [1.29, 1.82) is 15.8 Å². The summed E-state index contributed by atoms with van der Waals surface area (Å²) in [6, 6.07) is 92.7. The molecule has 0 spiro atoms. The van der Waals surface area contributed by atoms with Crippen molar-refractivity contribution in [2.45, 2.75) is 0 Å². The SMILES string of the molecule is N#Cc1cc(-c2cc(-c3ccccc3C#N)nc(-c3ccccc3C#N)n2)ccc1-c1ccc(-n2c3ccc(N(c4ccccc4)c4ccccc4)cc3c3cc(N(c4ccccc4)c4ccccc4)ccc32)cc1. The summed E-state index contributed by atoms with van der Waals surface area (Å²) in [6.45, 7) is 0. The molecule has 0 bridgehead atoms. The van der Waals surface area contributed by atoms with Crippen molar-refractivity contribution in [2.24, 2.45) is 0 Å². The molecule has 2 aromatic heterocycles. The molecule has 0 fully saturated rings. The lowest BCUT2D eigenvalue weighted by molar-refractivity contribution is 1.18. The highest BCUT2D eigenvalue weighted by atomic mass is 15.1. The van der Waals surface area contributed by atoms with Crippen molar-refractivity contribution in [2.75, 3.05) is 9.80 Å². The van der Waals surface area contributed by atoms with Gasteiger partial charge in [-0.1, -0.05) is 127 Å². The van der Waals surface area contributed by atoms with Crippen LogP contribution in [0.25, 0.3) is 72.5 Å². The maximum absolute atomic E-state index is 10.7. The predicted octanol–water partition coefficient (Wildman–Crippen LogP) is 16.8. The summed E-state index contributed by atoms with van der Waals surface area (Å²) >= 11 is 0. The third-order valence-corrected chi connectivity index (χ3v) is 13.5. The third kappa shape index (κ3) is 8.55. The first-order valence-electron chi connectivity index (χ1n) is 24.5. The number of nitriles is 3. The number of aromatic nitrogens is 3. The molecule has 0 saturated carbocycles. The molecule has 0 unspecified atom stereocenters. The van der Waals surface area contributed by atoms with Crippen LogP contribution < -0.4 is 9.80 Å². The van der Waals surface area contributed by atoms with Crippen LogP contribution in [0.5, 0.6) is 0 Å². The Hall–Kier alpha value is -10.9. The van der Waals surface area contributed by atoms with Crippen molar-refractivity contribution >= 4 is 55.9 Å². The standard InChI is InChI=1S/C67H42N8/c68-43-48-17-13-15-27-59(48)64-42-63(71-67(72-64)60-28-16-14-18-49(60)44-69)47-31-36-58(50(39-47)45-70)46-29-32-55(33-30-46)75-65-37-34-56(73(51-19-5-1-6-20-51)52-21-7-2-8-22-52)40-61(65)62-41-57(35-38-66(62)75)74(53-23-9-3-10-24-53)54-25-11-4-12-26-54/h1-42H. The summed E-state index contributed by atoms with van der Waals surface area (Å²) in [5.41, 5.74) is 15.4. The van der Waals surface area contributed by atoms with Crippen LogP contribution in [0.15, 0.2) is 255 Å². The average Bonchev–Trinajstić information content (AvgIpc) is 3.84. The molecular formula is C67H42N8. The fourth-order valence-corrected chi connectivity index (χ4v) is 10.0. The summed E-state index contributed by atoms with van der Waals surface area (Å²) in [7, 11) is 0. The van der Waals surface area contributed by atoms with Gasteiger partial charge >= 0.3 is 0 Å². The number of para-hydroxylation sites is 4. The van der Waals surface area contributed by atoms with Gasteiger partial charge in [-0.2, -0.15) is 15.8 Å². The van der Waals surface area contributed by atoms with Crippen LogP contribution in [-0.4, -0.2) is 14.5 Å². The molecule has 0 aliphatic heterocycles. The Morgan fingerprint density at radius 2 is 0.747 bits per heavy atom. The van der Waals surface area contributed by atoms with Gasteiger partial charge in [0.1, 0.15) is 0 Å². The van der Waals surface area contributed by atoms with E-state index in [9.17, 15) is 15.8 Å². The molecule has 8 nitrogen and oxygen atoms in total. The van der Waals surface area contributed by atoms with Crippen molar-refractivity contribution in [3.63, 3.8) is 0 Å². The van der Waals surface area contributed by atoms with Crippen molar-refractivity contribution in [3.05, 3.63) is 271 Å². The zero-order valence-corrected chi connectivity index (χ0v) is 40.3. The van der Waals surface area contributed by atoms with Gasteiger partial charge in [-0.15, -0.1) is 0 Å². The maximum atomic E-state index is 10.7. The first-order valence-corrected chi connectivity index (χ1v) is 24.5. The van der Waals surface area contributed by atoms with Crippen LogP contribution in [0.1, 0.15) is 16.7 Å². The Kier molecular flexibility index (Phi) is 11.9. The Morgan fingerprint density at radius 1 is 0.320 bits per heavy atom. The molecule has 2 heterocycles. The smallest absolute Gasteiger partial charge is 0.161 e. The third-order valence-electron chi connectivity index (χ3n) is 13.5. The van der Waals surface area contributed by atoms with Gasteiger partial charge in [-0.05, 0) is 139 Å². The molecule has 75 heavy (non-hydrogen) atoms. The number of fused-ring (bicyclic) bond motifs is 3. The van der Waals surface area contributed by atoms with Gasteiger partial charge in [0, 0.05) is 67.3 Å². The molecule has 8 heteroatoms. The Bertz CT molecular complexity index is 3910. The second kappa shape index (κ2) is 19.7. The lowest BCUT2D eigenvalue weighted by Gasteiger charge is -2.26. The van der Waals surface area contributed by atoms with Gasteiger partial charge in [-0.3, -0.25) is 0 Å². The highest BCUT2D eigenvalue weighted by Gasteiger charge is 2.21. The van der Waals surface area contributed by atoms with E-state index < -0.39 is 0 Å². The van der Waals surface area contributed by atoms with Crippen LogP contribution in [0.2, 0.25) is 0 Å². The predicted molar refractivity (Wildman–Crippen MR) is 302 cm³/mol. The van der Waals surface area contributed by atoms with Gasteiger partial charge in [0.15, 0.2) is 5.82 Å². The van der Waals surface area contributed by atoms with E-state index in [1.165, 1.54) is 0 Å². The van der Waals surface area contributed by atoms with Gasteiger partial charge in [0.25, 0.3) is 0 Å². The van der Waals surface area contributed by atoms with E-state index in [1.807, 2.05) is 78.9 Å². The first-order chi connectivity index (χ1) is 37.1. The molecule has 12 aromatic rings. The lowest BCUT2D eigenvalue weighted by Crippen LogP contribution is -2.09.